The molecule has 1 atom stereocenters. The monoisotopic (exact) mass is 707 g/mol. The van der Waals surface area contributed by atoms with E-state index in [0.717, 1.165) is 64.1 Å². The molecule has 1 aliphatic carbocycles. The Morgan fingerprint density at radius 1 is 0.942 bits per heavy atom. The first-order valence-corrected chi connectivity index (χ1v) is 18.0. The lowest BCUT2D eigenvalue weighted by atomic mass is 9.82. The molecule has 0 amide bonds. The number of nitrogens with one attached hydrogen (secondary N) is 2. The van der Waals surface area contributed by atoms with Crippen LogP contribution in [0.1, 0.15) is 63.1 Å². The van der Waals surface area contributed by atoms with E-state index in [2.05, 4.69) is 20.4 Å². The van der Waals surface area contributed by atoms with Gasteiger partial charge in [-0.1, -0.05) is 24.3 Å². The Morgan fingerprint density at radius 3 is 2.52 bits per heavy atom. The van der Waals surface area contributed by atoms with Gasteiger partial charge in [-0.05, 0) is 92.6 Å². The number of ether oxygens (including phenoxy) is 5. The number of aromatic amines is 1. The van der Waals surface area contributed by atoms with Crippen molar-refractivity contribution < 1.29 is 28.1 Å². The van der Waals surface area contributed by atoms with Crippen LogP contribution in [0.15, 0.2) is 60.7 Å². The van der Waals surface area contributed by atoms with Gasteiger partial charge in [-0.2, -0.15) is 10.1 Å². The number of rotatable bonds is 9. The molecule has 3 aromatic carbocycles. The highest BCUT2D eigenvalue weighted by Gasteiger charge is 2.35. The standard InChI is InChI=1S/C39H42FN7O5/c1-38(2)51-18-13-28(52-38)21-48-27-9-5-23(6-10-27)25-7-11-30-29(19-25)35(43-36-33(40)34(45-46-36)24-3-4-24)44-37(42-30)47-16-14-39(41,15-17-47)26-8-12-31-32(20-26)50-22-49-31/h5-12,19-20,24,28H,3-4,13-18,21-22,41H2,1-2H3,(H2,42,43,44,45,46). The average Bonchev–Trinajstić information content (AvgIpc) is 3.77. The van der Waals surface area contributed by atoms with Crippen LogP contribution in [0.5, 0.6) is 17.2 Å². The Morgan fingerprint density at radius 2 is 1.73 bits per heavy atom. The van der Waals surface area contributed by atoms with Crippen LogP contribution in [0.25, 0.3) is 22.0 Å². The summed E-state index contributed by atoms with van der Waals surface area (Å²) < 4.78 is 44.3. The quantitative estimate of drug-likeness (QED) is 0.148. The van der Waals surface area contributed by atoms with Crippen molar-refractivity contribution in [3.8, 4) is 28.4 Å². The first kappa shape index (κ1) is 32.9. The maximum Gasteiger partial charge on any atom is 0.231 e. The minimum Gasteiger partial charge on any atom is -0.491 e. The number of hydrogen-bond acceptors (Lipinski definition) is 11. The number of nitrogens with two attached hydrogens (primary N) is 1. The molecule has 9 rings (SSSR count). The largest absolute Gasteiger partial charge is 0.491 e. The van der Waals surface area contributed by atoms with Crippen LogP contribution >= 0.6 is 0 Å². The van der Waals surface area contributed by atoms with Gasteiger partial charge < -0.3 is 39.6 Å². The number of aromatic nitrogens is 4. The summed E-state index contributed by atoms with van der Waals surface area (Å²) in [5, 5.41) is 11.2. The summed E-state index contributed by atoms with van der Waals surface area (Å²) in [6, 6.07) is 19.9. The van der Waals surface area contributed by atoms with E-state index >= 15 is 4.39 Å². The number of nitrogens with zero attached hydrogens (tertiary/aromatic N) is 4. The maximum atomic E-state index is 15.5. The second-order valence-electron chi connectivity index (χ2n) is 14.6. The van der Waals surface area contributed by atoms with Gasteiger partial charge in [0.2, 0.25) is 12.7 Å². The third-order valence-corrected chi connectivity index (χ3v) is 10.5. The number of fused-ring (bicyclic) bond motifs is 2. The third kappa shape index (κ3) is 6.48. The lowest BCUT2D eigenvalue weighted by Gasteiger charge is -2.39. The number of piperidine rings is 1. The SMILES string of the molecule is CC1(C)OCCC(COc2ccc(-c3ccc4nc(N5CCC(N)(c6ccc7c(c6)OCO7)CC5)nc(Nc5n[nH]c(C6CC6)c5F)c4c3)cc2)O1. The van der Waals surface area contributed by atoms with E-state index in [1.54, 1.807) is 0 Å². The molecular weight excluding hydrogens is 665 g/mol. The Hall–Kier alpha value is -4.98. The highest BCUT2D eigenvalue weighted by atomic mass is 19.1. The van der Waals surface area contributed by atoms with Gasteiger partial charge in [-0.15, -0.1) is 0 Å². The van der Waals surface area contributed by atoms with Gasteiger partial charge in [0.05, 0.1) is 23.9 Å². The summed E-state index contributed by atoms with van der Waals surface area (Å²) in [4.78, 5) is 12.1. The molecule has 0 radical (unpaired) electrons. The first-order valence-electron chi connectivity index (χ1n) is 18.0. The zero-order valence-electron chi connectivity index (χ0n) is 29.3. The Labute approximate surface area is 300 Å². The van der Waals surface area contributed by atoms with Gasteiger partial charge >= 0.3 is 0 Å². The van der Waals surface area contributed by atoms with Crippen LogP contribution < -0.4 is 30.2 Å². The number of H-pyrrole nitrogens is 1. The smallest absolute Gasteiger partial charge is 0.231 e. The minimum atomic E-state index is -0.605. The van der Waals surface area contributed by atoms with Gasteiger partial charge in [0.25, 0.3) is 0 Å². The summed E-state index contributed by atoms with van der Waals surface area (Å²) in [6.07, 6.45) is 4.05. The number of halogens is 1. The van der Waals surface area contributed by atoms with Crippen LogP contribution in [-0.4, -0.2) is 65.2 Å². The molecule has 0 bridgehead atoms. The Bertz CT molecular complexity index is 2110. The molecule has 4 N–H and O–H groups in total. The molecule has 13 heteroatoms. The summed E-state index contributed by atoms with van der Waals surface area (Å²) >= 11 is 0. The summed E-state index contributed by atoms with van der Waals surface area (Å²) in [5.74, 6) is 2.59. The van der Waals surface area contributed by atoms with E-state index in [1.807, 2.05) is 74.5 Å². The molecule has 2 saturated heterocycles. The fourth-order valence-corrected chi connectivity index (χ4v) is 7.29. The minimum absolute atomic E-state index is 0.0303. The van der Waals surface area contributed by atoms with Crippen molar-refractivity contribution in [2.45, 2.75) is 69.3 Å². The molecule has 4 aliphatic rings. The van der Waals surface area contributed by atoms with Crippen LogP contribution in [0.3, 0.4) is 0 Å². The number of benzene rings is 3. The van der Waals surface area contributed by atoms with Gasteiger partial charge in [0, 0.05) is 36.4 Å². The molecule has 5 heterocycles. The van der Waals surface area contributed by atoms with Gasteiger partial charge in [0.1, 0.15) is 18.2 Å². The van der Waals surface area contributed by atoms with Crippen molar-refractivity contribution in [1.82, 2.24) is 20.2 Å². The van der Waals surface area contributed by atoms with E-state index < -0.39 is 11.3 Å². The van der Waals surface area contributed by atoms with Crippen molar-refractivity contribution in [2.75, 3.05) is 43.3 Å². The molecule has 3 aliphatic heterocycles. The zero-order valence-corrected chi connectivity index (χ0v) is 29.3. The lowest BCUT2D eigenvalue weighted by molar-refractivity contribution is -0.276. The normalized spacial score (nSPS) is 20.6. The van der Waals surface area contributed by atoms with Crippen molar-refractivity contribution in [3.05, 3.63) is 77.7 Å². The third-order valence-electron chi connectivity index (χ3n) is 10.5. The zero-order chi connectivity index (χ0) is 35.5. The highest BCUT2D eigenvalue weighted by Crippen LogP contribution is 2.43. The molecular formula is C39H42FN7O5. The highest BCUT2D eigenvalue weighted by molar-refractivity contribution is 5.94. The lowest BCUT2D eigenvalue weighted by Crippen LogP contribution is -2.48. The molecule has 0 spiro atoms. The van der Waals surface area contributed by atoms with Crippen LogP contribution in [0, 0.1) is 5.82 Å². The molecule has 2 aromatic heterocycles. The predicted octanol–water partition coefficient (Wildman–Crippen LogP) is 6.88. The summed E-state index contributed by atoms with van der Waals surface area (Å²) in [5.41, 5.74) is 10.7. The van der Waals surface area contributed by atoms with E-state index in [9.17, 15) is 0 Å². The molecule has 1 saturated carbocycles. The molecule has 52 heavy (non-hydrogen) atoms. The average molecular weight is 708 g/mol. The fourth-order valence-electron chi connectivity index (χ4n) is 7.29. The predicted molar refractivity (Wildman–Crippen MR) is 194 cm³/mol. The van der Waals surface area contributed by atoms with Crippen LogP contribution in [-0.2, 0) is 15.0 Å². The maximum absolute atomic E-state index is 15.5. The number of anilines is 3. The topological polar surface area (TPSA) is 142 Å². The van der Waals surface area contributed by atoms with Crippen molar-refractivity contribution in [2.24, 2.45) is 5.73 Å². The van der Waals surface area contributed by atoms with Crippen LogP contribution in [0.4, 0.5) is 22.0 Å². The molecule has 3 fully saturated rings. The van der Waals surface area contributed by atoms with Gasteiger partial charge in [0.15, 0.2) is 28.9 Å². The van der Waals surface area contributed by atoms with Gasteiger partial charge in [-0.3, -0.25) is 5.10 Å². The summed E-state index contributed by atoms with van der Waals surface area (Å²) in [7, 11) is 0. The second kappa shape index (κ2) is 12.9. The second-order valence-corrected chi connectivity index (χ2v) is 14.6. The van der Waals surface area contributed by atoms with Crippen molar-refractivity contribution in [3.63, 3.8) is 0 Å². The first-order chi connectivity index (χ1) is 25.2. The fraction of sp³-hybridized carbons (Fsp3) is 0.410. The van der Waals surface area contributed by atoms with E-state index in [-0.39, 0.29) is 30.4 Å². The molecule has 270 valence electrons. The van der Waals surface area contributed by atoms with E-state index in [1.165, 1.54) is 0 Å². The van der Waals surface area contributed by atoms with Gasteiger partial charge in [-0.25, -0.2) is 9.37 Å². The van der Waals surface area contributed by atoms with E-state index in [4.69, 9.17) is 39.4 Å². The van der Waals surface area contributed by atoms with Crippen molar-refractivity contribution in [1.29, 1.82) is 0 Å². The van der Waals surface area contributed by atoms with Crippen LogP contribution in [0.2, 0.25) is 0 Å². The Balaban J connectivity index is 0.975. The molecule has 1 unspecified atom stereocenters. The Kier molecular flexibility index (Phi) is 8.16. The molecule has 12 nitrogen and oxygen atoms in total. The van der Waals surface area contributed by atoms with E-state index in [0.29, 0.717) is 56.6 Å². The molecule has 5 aromatic rings. The number of hydrogen-bond donors (Lipinski definition) is 3. The summed E-state index contributed by atoms with van der Waals surface area (Å²) in [6.45, 7) is 6.44. The van der Waals surface area contributed by atoms with Crippen molar-refractivity contribution >= 4 is 28.5 Å².